The van der Waals surface area contributed by atoms with Gasteiger partial charge in [-0.3, -0.25) is 28.3 Å². The lowest BCUT2D eigenvalue weighted by atomic mass is 9.78. The van der Waals surface area contributed by atoms with Crippen molar-refractivity contribution in [3.05, 3.63) is 290 Å². The number of aryl methyl sites for hydroxylation is 1. The number of nitrogens with zero attached hydrogens (tertiary/aromatic N) is 2. The van der Waals surface area contributed by atoms with E-state index in [1.54, 1.807) is 106 Å². The van der Waals surface area contributed by atoms with Crippen LogP contribution in [0.1, 0.15) is 115 Å². The van der Waals surface area contributed by atoms with Crippen LogP contribution in [0.4, 0.5) is 0 Å². The minimum atomic E-state index is -0.420. The number of imidazole rings is 1. The number of ether oxygens (including phenoxy) is 1. The molecule has 10 rings (SSSR count). The van der Waals surface area contributed by atoms with Gasteiger partial charge in [-0.15, -0.1) is 0 Å². The number of carbonyl (C=O) groups is 4. The van der Waals surface area contributed by atoms with Crippen LogP contribution in [0.25, 0.3) is 27.8 Å². The van der Waals surface area contributed by atoms with Crippen LogP contribution >= 0.6 is 0 Å². The summed E-state index contributed by atoms with van der Waals surface area (Å²) in [5.41, 5.74) is 11.2. The summed E-state index contributed by atoms with van der Waals surface area (Å²) in [7, 11) is 0. The summed E-state index contributed by atoms with van der Waals surface area (Å²) >= 11 is 0. The Hall–Kier alpha value is -9.27. The number of para-hydroxylation sites is 2. The van der Waals surface area contributed by atoms with Gasteiger partial charge in [0.05, 0.1) is 16.7 Å². The summed E-state index contributed by atoms with van der Waals surface area (Å²) in [6.07, 6.45) is 0.790. The van der Waals surface area contributed by atoms with Gasteiger partial charge in [0.15, 0.2) is 23.1 Å². The average molecular weight is 997 g/mol. The van der Waals surface area contributed by atoms with E-state index in [1.807, 2.05) is 125 Å². The van der Waals surface area contributed by atoms with Crippen LogP contribution in [0.3, 0.4) is 0 Å². The number of benzene rings is 9. The highest BCUT2D eigenvalue weighted by molar-refractivity contribution is 6.13. The number of hydrogen-bond donors (Lipinski definition) is 0. The molecule has 0 atom stereocenters. The highest BCUT2D eigenvalue weighted by Crippen LogP contribution is 2.32. The molecule has 0 aliphatic rings. The SMILES string of the molecule is Cc1ccc(C(=O)c2ccc(C(=O)c3ccc(Oc4ccc(-c5ccc(CC(C)(C)c6ccc(C(=O)c7ccc(C(=O)c8ccc(-n9c(=O)n(C(C)(C)C)c%10ccccc%109)cc8)cc7)cc6)cc5)cc4)cc3)cc2)cc1. The lowest BCUT2D eigenvalue weighted by Crippen LogP contribution is -2.34. The van der Waals surface area contributed by atoms with Gasteiger partial charge in [0.2, 0.25) is 0 Å². The number of rotatable bonds is 15. The molecular weight excluding hydrogens is 941 g/mol. The average Bonchev–Trinajstić information content (AvgIpc) is 3.75. The topological polar surface area (TPSA) is 104 Å². The van der Waals surface area contributed by atoms with E-state index in [1.165, 1.54) is 5.56 Å². The predicted molar refractivity (Wildman–Crippen MR) is 302 cm³/mol. The van der Waals surface area contributed by atoms with Crippen molar-refractivity contribution in [2.45, 2.75) is 58.9 Å². The van der Waals surface area contributed by atoms with Crippen LogP contribution in [0.2, 0.25) is 0 Å². The Balaban J connectivity index is 0.718. The van der Waals surface area contributed by atoms with Crippen LogP contribution in [-0.2, 0) is 17.4 Å². The maximum absolute atomic E-state index is 13.7. The molecule has 9 aromatic carbocycles. The van der Waals surface area contributed by atoms with Gasteiger partial charge >= 0.3 is 5.69 Å². The molecule has 1 aromatic heterocycles. The van der Waals surface area contributed by atoms with Gasteiger partial charge in [0.25, 0.3) is 0 Å². The van der Waals surface area contributed by atoms with Gasteiger partial charge in [-0.1, -0.05) is 165 Å². The van der Waals surface area contributed by atoms with Crippen LogP contribution in [0.15, 0.2) is 223 Å². The normalized spacial score (nSPS) is 11.6. The fraction of sp³-hybridized carbons (Fsp3) is 0.132. The molecule has 374 valence electrons. The number of hydrogen-bond acceptors (Lipinski definition) is 6. The van der Waals surface area contributed by atoms with E-state index in [9.17, 15) is 24.0 Å². The largest absolute Gasteiger partial charge is 0.457 e. The standard InChI is InChI=1S/C68H56N2O6/c1-44-11-15-48(16-12-44)62(71)49-19-25-52(26-20-49)65(74)55-33-41-59(42-34-55)76-58-39-31-47(32-40-58)46-17-13-45(14-18-46)43-68(5,6)56-35-27-53(28-36-56)63(72)50-21-23-51(24-22-50)64(73)54-29-37-57(38-30-54)69-60-9-7-8-10-61(60)70(66(69)75)67(2,3)4/h7-42H,43H2,1-6H3. The first-order chi connectivity index (χ1) is 36.5. The van der Waals surface area contributed by atoms with Crippen molar-refractivity contribution in [1.29, 1.82) is 0 Å². The quantitative estimate of drug-likeness (QED) is 0.0948. The Morgan fingerprint density at radius 3 is 1.17 bits per heavy atom. The Labute approximate surface area is 442 Å². The summed E-state index contributed by atoms with van der Waals surface area (Å²) in [6, 6.07) is 67.0. The summed E-state index contributed by atoms with van der Waals surface area (Å²) < 4.78 is 9.60. The Morgan fingerprint density at radius 2 is 0.750 bits per heavy atom. The predicted octanol–water partition coefficient (Wildman–Crippen LogP) is 14.8. The summed E-state index contributed by atoms with van der Waals surface area (Å²) in [5, 5.41) is 0. The van der Waals surface area contributed by atoms with E-state index >= 15 is 0 Å². The van der Waals surface area contributed by atoms with Crippen molar-refractivity contribution < 1.29 is 23.9 Å². The van der Waals surface area contributed by atoms with Crippen molar-refractivity contribution in [2.75, 3.05) is 0 Å². The highest BCUT2D eigenvalue weighted by atomic mass is 16.5. The van der Waals surface area contributed by atoms with E-state index < -0.39 is 5.54 Å². The van der Waals surface area contributed by atoms with Crippen LogP contribution in [0, 0.1) is 6.92 Å². The zero-order valence-electron chi connectivity index (χ0n) is 43.3. The molecule has 8 heteroatoms. The summed E-state index contributed by atoms with van der Waals surface area (Å²) in [4.78, 5) is 67.1. The monoisotopic (exact) mass is 996 g/mol. The Morgan fingerprint density at radius 1 is 0.408 bits per heavy atom. The van der Waals surface area contributed by atoms with Gasteiger partial charge in [-0.05, 0) is 135 Å². The zero-order chi connectivity index (χ0) is 53.3. The third-order valence-electron chi connectivity index (χ3n) is 14.0. The molecule has 0 fully saturated rings. The first kappa shape index (κ1) is 50.3. The molecule has 0 saturated heterocycles. The summed E-state index contributed by atoms with van der Waals surface area (Å²) in [5.74, 6) is 0.750. The minimum Gasteiger partial charge on any atom is -0.457 e. The highest BCUT2D eigenvalue weighted by Gasteiger charge is 2.25. The minimum absolute atomic E-state index is 0.0850. The molecule has 0 saturated carbocycles. The van der Waals surface area contributed by atoms with Crippen molar-refractivity contribution >= 4 is 34.2 Å². The molecule has 0 aliphatic carbocycles. The van der Waals surface area contributed by atoms with Gasteiger partial charge in [-0.2, -0.15) is 0 Å². The fourth-order valence-electron chi connectivity index (χ4n) is 9.75. The van der Waals surface area contributed by atoms with E-state index in [2.05, 4.69) is 38.1 Å². The van der Waals surface area contributed by atoms with Gasteiger partial charge in [0.1, 0.15) is 11.5 Å². The molecule has 0 bridgehead atoms. The Bertz CT molecular complexity index is 3840. The zero-order valence-corrected chi connectivity index (χ0v) is 43.3. The molecule has 0 unspecified atom stereocenters. The third kappa shape index (κ3) is 10.4. The van der Waals surface area contributed by atoms with Gasteiger partial charge < -0.3 is 4.74 Å². The molecule has 0 amide bonds. The molecule has 10 aromatic rings. The molecule has 76 heavy (non-hydrogen) atoms. The molecular formula is C68H56N2O6. The Kier molecular flexibility index (Phi) is 13.6. The number of ketones is 4. The van der Waals surface area contributed by atoms with Crippen molar-refractivity contribution in [1.82, 2.24) is 9.13 Å². The van der Waals surface area contributed by atoms with Gasteiger partial charge in [0, 0.05) is 50.0 Å². The second-order valence-corrected chi connectivity index (χ2v) is 21.0. The van der Waals surface area contributed by atoms with E-state index in [-0.39, 0.29) is 34.2 Å². The van der Waals surface area contributed by atoms with Gasteiger partial charge in [-0.25, -0.2) is 4.79 Å². The molecule has 1 heterocycles. The first-order valence-electron chi connectivity index (χ1n) is 25.4. The second-order valence-electron chi connectivity index (χ2n) is 21.0. The smallest absolute Gasteiger partial charge is 0.334 e. The maximum atomic E-state index is 13.7. The summed E-state index contributed by atoms with van der Waals surface area (Å²) in [6.45, 7) is 12.4. The molecule has 0 spiro atoms. The lowest BCUT2D eigenvalue weighted by molar-refractivity contribution is 0.102. The van der Waals surface area contributed by atoms with Crippen LogP contribution < -0.4 is 10.4 Å². The fourth-order valence-corrected chi connectivity index (χ4v) is 9.75. The van der Waals surface area contributed by atoms with Crippen molar-refractivity contribution in [2.24, 2.45) is 0 Å². The van der Waals surface area contributed by atoms with Crippen LogP contribution in [-0.4, -0.2) is 32.3 Å². The maximum Gasteiger partial charge on any atom is 0.334 e. The van der Waals surface area contributed by atoms with Crippen molar-refractivity contribution in [3.63, 3.8) is 0 Å². The molecule has 0 radical (unpaired) electrons. The molecule has 0 aliphatic heterocycles. The van der Waals surface area contributed by atoms with Crippen molar-refractivity contribution in [3.8, 4) is 28.3 Å². The van der Waals surface area contributed by atoms with Crippen LogP contribution in [0.5, 0.6) is 11.5 Å². The number of carbonyl (C=O) groups excluding carboxylic acids is 4. The third-order valence-corrected chi connectivity index (χ3v) is 14.0. The first-order valence-corrected chi connectivity index (χ1v) is 25.4. The van der Waals surface area contributed by atoms with E-state index in [0.717, 1.165) is 39.7 Å². The molecule has 8 nitrogen and oxygen atoms in total. The second kappa shape index (κ2) is 20.6. The van der Waals surface area contributed by atoms with E-state index in [0.29, 0.717) is 61.7 Å². The number of aromatic nitrogens is 2. The molecule has 0 N–H and O–H groups in total. The lowest BCUT2D eigenvalue weighted by Gasteiger charge is -2.26. The van der Waals surface area contributed by atoms with E-state index in [4.69, 9.17) is 4.74 Å². The number of fused-ring (bicyclic) bond motifs is 1.